The number of carboxylic acid groups (broad SMARTS) is 1. The van der Waals surface area contributed by atoms with Gasteiger partial charge in [0.25, 0.3) is 0 Å². The quantitative estimate of drug-likeness (QED) is 0.654. The molecular weight excluding hydrogens is 154 g/mol. The van der Waals surface area contributed by atoms with Crippen molar-refractivity contribution in [2.75, 3.05) is 13.1 Å². The summed E-state index contributed by atoms with van der Waals surface area (Å²) in [6.07, 6.45) is 2.13. The van der Waals surface area contributed by atoms with Gasteiger partial charge in [-0.15, -0.1) is 0 Å². The minimum Gasteiger partial charge on any atom is -0.481 e. The van der Waals surface area contributed by atoms with Gasteiger partial charge < -0.3 is 10.4 Å². The molecule has 0 aromatic rings. The molecule has 1 unspecified atom stereocenters. The van der Waals surface area contributed by atoms with Gasteiger partial charge in [-0.25, -0.2) is 0 Å². The Kier molecular flexibility index (Phi) is 2.73. The Morgan fingerprint density at radius 2 is 2.25 bits per heavy atom. The lowest BCUT2D eigenvalue weighted by molar-refractivity contribution is -0.150. The van der Waals surface area contributed by atoms with Crippen molar-refractivity contribution in [2.45, 2.75) is 26.7 Å². The van der Waals surface area contributed by atoms with E-state index in [9.17, 15) is 4.79 Å². The minimum atomic E-state index is -0.684. The van der Waals surface area contributed by atoms with Crippen LogP contribution in [0.15, 0.2) is 0 Å². The standard InChI is InChI=1S/C9H17NO2/c1-9(2,8(11)12)7-4-3-5-10-6-7/h7,10H,3-6H2,1-2H3,(H,11,12). The fraction of sp³-hybridized carbons (Fsp3) is 0.889. The van der Waals surface area contributed by atoms with Crippen LogP contribution in [0.25, 0.3) is 0 Å². The highest BCUT2D eigenvalue weighted by molar-refractivity contribution is 5.74. The third-order valence-corrected chi connectivity index (χ3v) is 2.87. The molecule has 1 heterocycles. The van der Waals surface area contributed by atoms with E-state index in [0.717, 1.165) is 25.9 Å². The van der Waals surface area contributed by atoms with Crippen molar-refractivity contribution in [2.24, 2.45) is 11.3 Å². The third kappa shape index (κ3) is 1.78. The second-order valence-corrected chi connectivity index (χ2v) is 4.07. The van der Waals surface area contributed by atoms with Gasteiger partial charge in [-0.05, 0) is 45.7 Å². The first-order valence-corrected chi connectivity index (χ1v) is 4.49. The van der Waals surface area contributed by atoms with Gasteiger partial charge in [0.05, 0.1) is 5.41 Å². The molecule has 0 saturated carbocycles. The topological polar surface area (TPSA) is 49.3 Å². The Balaban J connectivity index is 2.59. The second-order valence-electron chi connectivity index (χ2n) is 4.07. The molecule has 1 saturated heterocycles. The average molecular weight is 171 g/mol. The zero-order chi connectivity index (χ0) is 9.19. The SMILES string of the molecule is CC(C)(C(=O)O)C1CCCNC1. The van der Waals surface area contributed by atoms with Crippen LogP contribution in [0.3, 0.4) is 0 Å². The molecule has 12 heavy (non-hydrogen) atoms. The lowest BCUT2D eigenvalue weighted by Gasteiger charge is -2.33. The number of aliphatic carboxylic acids is 1. The second kappa shape index (κ2) is 3.44. The van der Waals surface area contributed by atoms with E-state index in [1.165, 1.54) is 0 Å². The van der Waals surface area contributed by atoms with Crippen LogP contribution in [0.4, 0.5) is 0 Å². The summed E-state index contributed by atoms with van der Waals surface area (Å²) in [5.74, 6) is -0.403. The van der Waals surface area contributed by atoms with Crippen molar-refractivity contribution in [1.82, 2.24) is 5.32 Å². The van der Waals surface area contributed by atoms with E-state index in [1.54, 1.807) is 0 Å². The number of rotatable bonds is 2. The van der Waals surface area contributed by atoms with Crippen LogP contribution >= 0.6 is 0 Å². The molecule has 3 nitrogen and oxygen atoms in total. The maximum Gasteiger partial charge on any atom is 0.309 e. The van der Waals surface area contributed by atoms with Crippen molar-refractivity contribution >= 4 is 5.97 Å². The molecule has 1 atom stereocenters. The first-order chi connectivity index (χ1) is 5.55. The van der Waals surface area contributed by atoms with Crippen molar-refractivity contribution in [3.63, 3.8) is 0 Å². The highest BCUT2D eigenvalue weighted by atomic mass is 16.4. The molecule has 2 N–H and O–H groups in total. The Labute approximate surface area is 73.2 Å². The molecule has 0 radical (unpaired) electrons. The first-order valence-electron chi connectivity index (χ1n) is 4.49. The van der Waals surface area contributed by atoms with Gasteiger partial charge in [-0.2, -0.15) is 0 Å². The highest BCUT2D eigenvalue weighted by Gasteiger charge is 2.36. The van der Waals surface area contributed by atoms with E-state index in [2.05, 4.69) is 5.32 Å². The zero-order valence-electron chi connectivity index (χ0n) is 7.76. The molecule has 70 valence electrons. The summed E-state index contributed by atoms with van der Waals surface area (Å²) in [5, 5.41) is 12.2. The Bertz CT molecular complexity index is 171. The van der Waals surface area contributed by atoms with E-state index >= 15 is 0 Å². The lowest BCUT2D eigenvalue weighted by Crippen LogP contribution is -2.42. The molecule has 0 amide bonds. The summed E-state index contributed by atoms with van der Waals surface area (Å²) in [4.78, 5) is 10.9. The van der Waals surface area contributed by atoms with E-state index in [4.69, 9.17) is 5.11 Å². The molecule has 1 aliphatic rings. The number of hydrogen-bond acceptors (Lipinski definition) is 2. The van der Waals surface area contributed by atoms with Crippen molar-refractivity contribution in [1.29, 1.82) is 0 Å². The molecular formula is C9H17NO2. The predicted molar refractivity (Wildman–Crippen MR) is 47.0 cm³/mol. The predicted octanol–water partition coefficient (Wildman–Crippen LogP) is 1.10. The maximum absolute atomic E-state index is 10.9. The van der Waals surface area contributed by atoms with Crippen molar-refractivity contribution < 1.29 is 9.90 Å². The molecule has 1 rings (SSSR count). The van der Waals surface area contributed by atoms with Gasteiger partial charge in [-0.3, -0.25) is 4.79 Å². The van der Waals surface area contributed by atoms with Crippen LogP contribution in [0.1, 0.15) is 26.7 Å². The lowest BCUT2D eigenvalue weighted by atomic mass is 9.75. The molecule has 0 spiro atoms. The van der Waals surface area contributed by atoms with E-state index < -0.39 is 11.4 Å². The van der Waals surface area contributed by atoms with E-state index in [-0.39, 0.29) is 5.92 Å². The summed E-state index contributed by atoms with van der Waals surface area (Å²) in [6, 6.07) is 0. The average Bonchev–Trinajstić information content (AvgIpc) is 2.06. The van der Waals surface area contributed by atoms with Gasteiger partial charge in [0.1, 0.15) is 0 Å². The normalized spacial score (nSPS) is 25.3. The fourth-order valence-corrected chi connectivity index (χ4v) is 1.64. The van der Waals surface area contributed by atoms with Gasteiger partial charge >= 0.3 is 5.97 Å². The summed E-state index contributed by atoms with van der Waals surface area (Å²) < 4.78 is 0. The van der Waals surface area contributed by atoms with Crippen LogP contribution in [-0.2, 0) is 4.79 Å². The first kappa shape index (κ1) is 9.52. The van der Waals surface area contributed by atoms with Crippen LogP contribution in [0.5, 0.6) is 0 Å². The number of carboxylic acids is 1. The highest BCUT2D eigenvalue weighted by Crippen LogP contribution is 2.31. The monoisotopic (exact) mass is 171 g/mol. The number of nitrogens with one attached hydrogen (secondary N) is 1. The molecule has 0 aliphatic carbocycles. The van der Waals surface area contributed by atoms with Gasteiger partial charge in [0.2, 0.25) is 0 Å². The van der Waals surface area contributed by atoms with Gasteiger partial charge in [0, 0.05) is 0 Å². The van der Waals surface area contributed by atoms with Crippen molar-refractivity contribution in [3.8, 4) is 0 Å². The molecule has 3 heteroatoms. The van der Waals surface area contributed by atoms with E-state index in [0.29, 0.717) is 0 Å². The Morgan fingerprint density at radius 3 is 2.67 bits per heavy atom. The number of piperidine rings is 1. The van der Waals surface area contributed by atoms with Crippen LogP contribution in [-0.4, -0.2) is 24.2 Å². The molecule has 1 fully saturated rings. The molecule has 1 aliphatic heterocycles. The number of hydrogen-bond donors (Lipinski definition) is 2. The molecule has 0 bridgehead atoms. The Hall–Kier alpha value is -0.570. The summed E-state index contributed by atoms with van der Waals surface area (Å²) in [6.45, 7) is 5.51. The van der Waals surface area contributed by atoms with Crippen LogP contribution in [0, 0.1) is 11.3 Å². The molecule has 0 aromatic heterocycles. The summed E-state index contributed by atoms with van der Waals surface area (Å²) >= 11 is 0. The minimum absolute atomic E-state index is 0.281. The van der Waals surface area contributed by atoms with E-state index in [1.807, 2.05) is 13.8 Å². The number of carbonyl (C=O) groups is 1. The summed E-state index contributed by atoms with van der Waals surface area (Å²) in [5.41, 5.74) is -0.576. The van der Waals surface area contributed by atoms with Crippen LogP contribution in [0.2, 0.25) is 0 Å². The fourth-order valence-electron chi connectivity index (χ4n) is 1.64. The van der Waals surface area contributed by atoms with Crippen LogP contribution < -0.4 is 5.32 Å². The summed E-state index contributed by atoms with van der Waals surface area (Å²) in [7, 11) is 0. The third-order valence-electron chi connectivity index (χ3n) is 2.87. The van der Waals surface area contributed by atoms with Gasteiger partial charge in [0.15, 0.2) is 0 Å². The molecule has 0 aromatic carbocycles. The maximum atomic E-state index is 10.9. The van der Waals surface area contributed by atoms with Crippen molar-refractivity contribution in [3.05, 3.63) is 0 Å². The largest absolute Gasteiger partial charge is 0.481 e. The zero-order valence-corrected chi connectivity index (χ0v) is 7.76. The smallest absolute Gasteiger partial charge is 0.309 e. The van der Waals surface area contributed by atoms with Gasteiger partial charge in [-0.1, -0.05) is 0 Å². The Morgan fingerprint density at radius 1 is 1.58 bits per heavy atom.